The van der Waals surface area contributed by atoms with Gasteiger partial charge in [0, 0.05) is 6.07 Å². The summed E-state index contributed by atoms with van der Waals surface area (Å²) in [5.41, 5.74) is 0.142. The first-order chi connectivity index (χ1) is 12.8. The molecule has 0 aliphatic rings. The second-order valence-corrected chi connectivity index (χ2v) is 12.5. The zero-order chi connectivity index (χ0) is 21.4. The van der Waals surface area contributed by atoms with E-state index in [0.29, 0.717) is 6.42 Å². The molecule has 10 nitrogen and oxygen atoms in total. The molecule has 0 saturated heterocycles. The van der Waals surface area contributed by atoms with Gasteiger partial charge in [-0.2, -0.15) is 0 Å². The molecule has 0 saturated carbocycles. The van der Waals surface area contributed by atoms with Gasteiger partial charge in [-0.1, -0.05) is 39.0 Å². The molecule has 162 valence electrons. The summed E-state index contributed by atoms with van der Waals surface area (Å²) < 4.78 is 50.6. The molecule has 0 bridgehead atoms. The van der Waals surface area contributed by atoms with Gasteiger partial charge in [-0.25, -0.2) is 13.0 Å². The minimum Gasteiger partial charge on any atom is -0.324 e. The summed E-state index contributed by atoms with van der Waals surface area (Å²) in [4.78, 5) is 36.8. The molecular weight excluding hydrogens is 430 g/mol. The Balaban J connectivity index is 2.74. The van der Waals surface area contributed by atoms with E-state index >= 15 is 0 Å². The third kappa shape index (κ3) is 9.60. The van der Waals surface area contributed by atoms with Gasteiger partial charge in [0.25, 0.3) is 0 Å². The molecule has 28 heavy (non-hydrogen) atoms. The van der Waals surface area contributed by atoms with Crippen LogP contribution in [-0.4, -0.2) is 39.1 Å². The van der Waals surface area contributed by atoms with Crippen LogP contribution in [0.1, 0.15) is 45.4 Å². The van der Waals surface area contributed by atoms with Crippen LogP contribution in [0.3, 0.4) is 0 Å². The van der Waals surface area contributed by atoms with Gasteiger partial charge in [0.1, 0.15) is 5.69 Å². The number of anilines is 1. The topological polar surface area (TPSA) is 165 Å². The summed E-state index contributed by atoms with van der Waals surface area (Å²) in [5.74, 6) is -0.0540. The van der Waals surface area contributed by atoms with E-state index in [0.717, 1.165) is 36.7 Å². The van der Waals surface area contributed by atoms with Crippen molar-refractivity contribution < 1.29 is 41.7 Å². The van der Waals surface area contributed by atoms with Crippen LogP contribution in [0.25, 0.3) is 0 Å². The maximum absolute atomic E-state index is 12.2. The predicted molar refractivity (Wildman–Crippen MR) is 105 cm³/mol. The normalized spacial score (nSPS) is 13.1. The van der Waals surface area contributed by atoms with Gasteiger partial charge < -0.3 is 19.6 Å². The van der Waals surface area contributed by atoms with E-state index in [1.54, 1.807) is 0 Å². The van der Waals surface area contributed by atoms with Gasteiger partial charge in [-0.05, 0) is 12.5 Å². The third-order valence-electron chi connectivity index (χ3n) is 4.05. The maximum Gasteiger partial charge on any atom is 0.347 e. The number of aromatic nitrogens is 1. The van der Waals surface area contributed by atoms with Crippen LogP contribution in [0.15, 0.2) is 24.5 Å². The van der Waals surface area contributed by atoms with Gasteiger partial charge >= 0.3 is 15.2 Å². The quantitative estimate of drug-likeness (QED) is 0.169. The zero-order valence-electron chi connectivity index (χ0n) is 15.7. The van der Waals surface area contributed by atoms with E-state index in [-0.39, 0.29) is 11.4 Å². The fourth-order valence-electron chi connectivity index (χ4n) is 2.60. The second kappa shape index (κ2) is 10.8. The Kier molecular flexibility index (Phi) is 9.76. The lowest BCUT2D eigenvalue weighted by molar-refractivity contribution is -0.694. The highest BCUT2D eigenvalue weighted by molar-refractivity contribution is 7.92. The van der Waals surface area contributed by atoms with E-state index in [4.69, 9.17) is 0 Å². The highest BCUT2D eigenvalue weighted by atomic mass is 32.2. The number of rotatable bonds is 13. The summed E-state index contributed by atoms with van der Waals surface area (Å²) in [6.07, 6.45) is 8.18. The Bertz CT molecular complexity index is 799. The average Bonchev–Trinajstić information content (AvgIpc) is 2.53. The smallest absolute Gasteiger partial charge is 0.324 e. The van der Waals surface area contributed by atoms with Crippen LogP contribution in [-0.2, 0) is 25.7 Å². The summed E-state index contributed by atoms with van der Waals surface area (Å²) in [5, 5.41) is -2.21. The van der Waals surface area contributed by atoms with Gasteiger partial charge in [0.15, 0.2) is 18.9 Å². The van der Waals surface area contributed by atoms with E-state index in [9.17, 15) is 37.1 Å². The molecule has 0 radical (unpaired) electrons. The summed E-state index contributed by atoms with van der Waals surface area (Å²) in [6.45, 7) is 1.43. The second-order valence-electron chi connectivity index (χ2n) is 6.64. The average molecular weight is 459 g/mol. The summed E-state index contributed by atoms with van der Waals surface area (Å²) in [7, 11) is -13.7. The van der Waals surface area contributed by atoms with Crippen molar-refractivity contribution >= 4 is 30.9 Å². The van der Waals surface area contributed by atoms with Crippen molar-refractivity contribution in [3.8, 4) is 0 Å². The Morgan fingerprint density at radius 1 is 1.04 bits per heavy atom. The summed E-state index contributed by atoms with van der Waals surface area (Å²) >= 11 is 0. The molecular formula is C15H29N2O8P2S+. The van der Waals surface area contributed by atoms with E-state index in [1.165, 1.54) is 24.5 Å². The van der Waals surface area contributed by atoms with Crippen molar-refractivity contribution in [2.75, 3.05) is 10.5 Å². The molecule has 5 N–H and O–H groups in total. The van der Waals surface area contributed by atoms with E-state index in [1.807, 2.05) is 0 Å². The van der Waals surface area contributed by atoms with Gasteiger partial charge in [0.05, 0.1) is 5.75 Å². The number of nitrogens with one attached hydrogen (secondary N) is 1. The number of hydrogen-bond donors (Lipinski definition) is 5. The lowest BCUT2D eigenvalue weighted by atomic mass is 10.1. The Morgan fingerprint density at radius 3 is 2.18 bits per heavy atom. The van der Waals surface area contributed by atoms with Crippen molar-refractivity contribution in [3.05, 3.63) is 24.5 Å². The molecule has 1 aromatic rings. The van der Waals surface area contributed by atoms with Crippen LogP contribution in [0.5, 0.6) is 0 Å². The van der Waals surface area contributed by atoms with Crippen LogP contribution in [0.4, 0.5) is 5.69 Å². The predicted octanol–water partition coefficient (Wildman–Crippen LogP) is 1.76. The highest BCUT2D eigenvalue weighted by Gasteiger charge is 2.46. The monoisotopic (exact) mass is 459 g/mol. The Hall–Kier alpha value is -0.800. The largest absolute Gasteiger partial charge is 0.347 e. The van der Waals surface area contributed by atoms with Crippen LogP contribution < -0.4 is 9.29 Å². The lowest BCUT2D eigenvalue weighted by Gasteiger charge is -2.16. The van der Waals surface area contributed by atoms with Crippen LogP contribution in [0.2, 0.25) is 0 Å². The fourth-order valence-corrected chi connectivity index (χ4v) is 6.13. The molecule has 0 aromatic carbocycles. The maximum atomic E-state index is 12.2. The molecule has 0 aliphatic heterocycles. The Morgan fingerprint density at radius 2 is 1.61 bits per heavy atom. The van der Waals surface area contributed by atoms with Crippen molar-refractivity contribution in [2.45, 2.75) is 57.4 Å². The molecule has 1 heterocycles. The third-order valence-corrected chi connectivity index (χ3v) is 9.11. The molecule has 1 rings (SSSR count). The number of sulfonamides is 1. The number of hydrogen-bond acceptors (Lipinski definition) is 4. The van der Waals surface area contributed by atoms with Gasteiger partial charge in [0.2, 0.25) is 15.4 Å². The van der Waals surface area contributed by atoms with Crippen LogP contribution in [0, 0.1) is 0 Å². The number of pyridine rings is 1. The van der Waals surface area contributed by atoms with Crippen molar-refractivity contribution in [3.63, 3.8) is 0 Å². The lowest BCUT2D eigenvalue weighted by Crippen LogP contribution is -2.39. The molecule has 0 fully saturated rings. The fraction of sp³-hybridized carbons (Fsp3) is 0.667. The minimum absolute atomic E-state index is 0.0540. The van der Waals surface area contributed by atoms with Crippen molar-refractivity contribution in [1.29, 1.82) is 0 Å². The molecule has 0 aliphatic carbocycles. The van der Waals surface area contributed by atoms with Crippen LogP contribution >= 0.6 is 15.2 Å². The molecule has 0 spiro atoms. The summed E-state index contributed by atoms with van der Waals surface area (Å²) in [6, 6.07) is 2.86. The first kappa shape index (κ1) is 25.2. The van der Waals surface area contributed by atoms with E-state index in [2.05, 4.69) is 11.6 Å². The molecule has 0 unspecified atom stereocenters. The Labute approximate surface area is 165 Å². The van der Waals surface area contributed by atoms with E-state index < -0.39 is 37.2 Å². The molecule has 0 atom stereocenters. The first-order valence-electron chi connectivity index (χ1n) is 8.95. The highest BCUT2D eigenvalue weighted by Crippen LogP contribution is 2.59. The molecule has 0 amide bonds. The zero-order valence-corrected chi connectivity index (χ0v) is 18.3. The molecule has 13 heteroatoms. The first-order valence-corrected chi connectivity index (χ1v) is 14.0. The minimum atomic E-state index is -5.07. The standard InChI is InChI=1S/C15H28N2O8P2S/c1-2-3-4-5-6-7-11-28(24,25)16-14-9-8-10-17(12-14)13-15(26(18,19)20)27(21,22)23/h8-10,12,15-16H,2-7,11,13H2,1H3,(H3-,18,19,20,21,22,23)/p+1. The number of unbranched alkanes of at least 4 members (excludes halogenated alkanes) is 5. The SMILES string of the molecule is CCCCCCCCS(=O)(=O)Nc1ccc[n+](CC(P(=O)(O)O)P(=O)(O)O)c1. The van der Waals surface area contributed by atoms with Crippen molar-refractivity contribution in [1.82, 2.24) is 0 Å². The number of nitrogens with zero attached hydrogens (tertiary/aromatic N) is 1. The van der Waals surface area contributed by atoms with Gasteiger partial charge in [-0.3, -0.25) is 13.9 Å². The molecule has 1 aromatic heterocycles. The van der Waals surface area contributed by atoms with Gasteiger partial charge in [-0.15, -0.1) is 0 Å². The van der Waals surface area contributed by atoms with Crippen molar-refractivity contribution in [2.24, 2.45) is 0 Å².